The molecule has 0 radical (unpaired) electrons. The number of aromatic nitrogens is 2. The van der Waals surface area contributed by atoms with Crippen molar-refractivity contribution < 1.29 is 10.2 Å². The lowest BCUT2D eigenvalue weighted by atomic mass is 10.1. The summed E-state index contributed by atoms with van der Waals surface area (Å²) < 4.78 is 2.53. The van der Waals surface area contributed by atoms with E-state index in [2.05, 4.69) is 4.90 Å². The van der Waals surface area contributed by atoms with Crippen LogP contribution in [0.5, 0.6) is 5.75 Å². The monoisotopic (exact) mass is 390 g/mol. The van der Waals surface area contributed by atoms with Gasteiger partial charge in [0.25, 0.3) is 5.56 Å². The van der Waals surface area contributed by atoms with Gasteiger partial charge in [-0.2, -0.15) is 0 Å². The summed E-state index contributed by atoms with van der Waals surface area (Å²) >= 11 is 0. The maximum Gasteiger partial charge on any atom is 0.332 e. The first-order chi connectivity index (χ1) is 13.3. The van der Waals surface area contributed by atoms with Gasteiger partial charge >= 0.3 is 5.69 Å². The molecule has 0 amide bonds. The Hall–Kier alpha value is -2.58. The van der Waals surface area contributed by atoms with Gasteiger partial charge in [0.15, 0.2) is 0 Å². The Morgan fingerprint density at radius 1 is 1.00 bits per heavy atom. The van der Waals surface area contributed by atoms with Crippen LogP contribution in [0.4, 0.5) is 5.82 Å². The predicted molar refractivity (Wildman–Crippen MR) is 110 cm³/mol. The molecule has 1 aromatic heterocycles. The van der Waals surface area contributed by atoms with Crippen molar-refractivity contribution in [1.29, 1.82) is 0 Å². The number of aromatic hydroxyl groups is 1. The lowest BCUT2D eigenvalue weighted by molar-refractivity contribution is 0.197. The molecule has 0 bridgehead atoms. The van der Waals surface area contributed by atoms with E-state index in [1.165, 1.54) is 17.7 Å². The summed E-state index contributed by atoms with van der Waals surface area (Å²) in [6.45, 7) is 2.67. The number of hydrogen-bond acceptors (Lipinski definition) is 6. The SMILES string of the molecule is CN(CCN(CCO)CCCc1ccccc1O)c1cc(=O)n(C)c(=O)n1C. The number of aliphatic hydroxyl groups excluding tert-OH is 1. The molecule has 0 saturated heterocycles. The Bertz CT molecular complexity index is 891. The predicted octanol–water partition coefficient (Wildman–Crippen LogP) is 0.153. The van der Waals surface area contributed by atoms with Crippen LogP contribution >= 0.6 is 0 Å². The Morgan fingerprint density at radius 2 is 1.71 bits per heavy atom. The molecule has 28 heavy (non-hydrogen) atoms. The van der Waals surface area contributed by atoms with E-state index in [1.54, 1.807) is 19.2 Å². The van der Waals surface area contributed by atoms with Crippen molar-refractivity contribution in [3.63, 3.8) is 0 Å². The Labute approximate surface area is 164 Å². The summed E-state index contributed by atoms with van der Waals surface area (Å²) in [6.07, 6.45) is 1.61. The van der Waals surface area contributed by atoms with Crippen molar-refractivity contribution in [2.24, 2.45) is 14.1 Å². The minimum atomic E-state index is -0.357. The molecule has 0 saturated carbocycles. The lowest BCUT2D eigenvalue weighted by Gasteiger charge is -2.27. The molecule has 0 aliphatic rings. The highest BCUT2D eigenvalue weighted by molar-refractivity contribution is 5.37. The number of nitrogens with zero attached hydrogens (tertiary/aromatic N) is 4. The summed E-state index contributed by atoms with van der Waals surface area (Å²) in [5.74, 6) is 0.869. The van der Waals surface area contributed by atoms with Gasteiger partial charge in [-0.15, -0.1) is 0 Å². The van der Waals surface area contributed by atoms with Crippen LogP contribution in [-0.2, 0) is 20.5 Å². The van der Waals surface area contributed by atoms with Crippen LogP contribution in [-0.4, -0.2) is 64.1 Å². The van der Waals surface area contributed by atoms with Crippen LogP contribution in [0.2, 0.25) is 0 Å². The quantitative estimate of drug-likeness (QED) is 0.600. The van der Waals surface area contributed by atoms with Gasteiger partial charge in [0.05, 0.1) is 6.61 Å². The van der Waals surface area contributed by atoms with E-state index in [1.807, 2.05) is 24.1 Å². The number of phenolic OH excluding ortho intramolecular Hbond substituents is 1. The first-order valence-electron chi connectivity index (χ1n) is 9.43. The zero-order chi connectivity index (χ0) is 20.7. The van der Waals surface area contributed by atoms with Crippen molar-refractivity contribution in [1.82, 2.24) is 14.0 Å². The van der Waals surface area contributed by atoms with Gasteiger partial charge in [-0.25, -0.2) is 4.79 Å². The van der Waals surface area contributed by atoms with Gasteiger partial charge in [0.2, 0.25) is 0 Å². The number of para-hydroxylation sites is 1. The number of phenols is 1. The summed E-state index contributed by atoms with van der Waals surface area (Å²) in [5.41, 5.74) is 0.225. The third-order valence-corrected chi connectivity index (χ3v) is 4.97. The zero-order valence-electron chi connectivity index (χ0n) is 16.8. The summed E-state index contributed by atoms with van der Waals surface area (Å²) in [6, 6.07) is 8.76. The average molecular weight is 390 g/mol. The van der Waals surface area contributed by atoms with Crippen LogP contribution in [0.25, 0.3) is 0 Å². The number of anilines is 1. The molecule has 0 atom stereocenters. The highest BCUT2D eigenvalue weighted by Gasteiger charge is 2.12. The molecule has 8 heteroatoms. The highest BCUT2D eigenvalue weighted by Crippen LogP contribution is 2.17. The van der Waals surface area contributed by atoms with Crippen LogP contribution in [0.15, 0.2) is 39.9 Å². The largest absolute Gasteiger partial charge is 0.508 e. The number of aliphatic hydroxyl groups is 1. The number of aryl methyl sites for hydroxylation is 1. The fourth-order valence-corrected chi connectivity index (χ4v) is 3.19. The zero-order valence-corrected chi connectivity index (χ0v) is 16.8. The van der Waals surface area contributed by atoms with E-state index >= 15 is 0 Å². The second-order valence-electron chi connectivity index (χ2n) is 6.96. The fourth-order valence-electron chi connectivity index (χ4n) is 3.19. The van der Waals surface area contributed by atoms with E-state index in [4.69, 9.17) is 0 Å². The smallest absolute Gasteiger partial charge is 0.332 e. The molecule has 2 aromatic rings. The van der Waals surface area contributed by atoms with Crippen LogP contribution in [0.1, 0.15) is 12.0 Å². The lowest BCUT2D eigenvalue weighted by Crippen LogP contribution is -2.41. The molecule has 2 rings (SSSR count). The number of rotatable bonds is 10. The molecule has 0 spiro atoms. The third-order valence-electron chi connectivity index (χ3n) is 4.97. The molecule has 0 aliphatic carbocycles. The molecular weight excluding hydrogens is 360 g/mol. The molecule has 2 N–H and O–H groups in total. The van der Waals surface area contributed by atoms with Crippen LogP contribution in [0.3, 0.4) is 0 Å². The molecule has 0 aliphatic heterocycles. The third kappa shape index (κ3) is 5.46. The van der Waals surface area contributed by atoms with Gasteiger partial charge in [-0.3, -0.25) is 18.8 Å². The number of likely N-dealkylation sites (N-methyl/N-ethyl adjacent to an activating group) is 1. The van der Waals surface area contributed by atoms with E-state index in [9.17, 15) is 19.8 Å². The van der Waals surface area contributed by atoms with Crippen molar-refractivity contribution in [3.8, 4) is 5.75 Å². The molecular formula is C20H30N4O4. The topological polar surface area (TPSA) is 90.9 Å². The first kappa shape index (κ1) is 21.7. The minimum Gasteiger partial charge on any atom is -0.508 e. The molecule has 1 heterocycles. The Balaban J connectivity index is 1.94. The van der Waals surface area contributed by atoms with Crippen LogP contribution in [0, 0.1) is 0 Å². The van der Waals surface area contributed by atoms with E-state index < -0.39 is 0 Å². The highest BCUT2D eigenvalue weighted by atomic mass is 16.3. The van der Waals surface area contributed by atoms with E-state index in [0.717, 1.165) is 29.5 Å². The van der Waals surface area contributed by atoms with Gasteiger partial charge in [0.1, 0.15) is 11.6 Å². The summed E-state index contributed by atoms with van der Waals surface area (Å²) in [4.78, 5) is 28.0. The second-order valence-corrected chi connectivity index (χ2v) is 6.96. The van der Waals surface area contributed by atoms with Crippen molar-refractivity contribution in [2.75, 3.05) is 44.7 Å². The minimum absolute atomic E-state index is 0.0602. The Morgan fingerprint density at radius 3 is 2.39 bits per heavy atom. The molecule has 0 fully saturated rings. The van der Waals surface area contributed by atoms with Gasteiger partial charge in [-0.05, 0) is 31.0 Å². The van der Waals surface area contributed by atoms with Crippen molar-refractivity contribution >= 4 is 5.82 Å². The second kappa shape index (κ2) is 10.1. The first-order valence-corrected chi connectivity index (χ1v) is 9.43. The van der Waals surface area contributed by atoms with E-state index in [-0.39, 0.29) is 17.9 Å². The van der Waals surface area contributed by atoms with Gasteiger partial charge in [0, 0.05) is 46.8 Å². The Kier molecular flexibility index (Phi) is 7.83. The van der Waals surface area contributed by atoms with Crippen LogP contribution < -0.4 is 16.1 Å². The van der Waals surface area contributed by atoms with Gasteiger partial charge < -0.3 is 15.1 Å². The summed E-state index contributed by atoms with van der Waals surface area (Å²) in [5, 5.41) is 19.2. The summed E-state index contributed by atoms with van der Waals surface area (Å²) in [7, 11) is 4.95. The van der Waals surface area contributed by atoms with Gasteiger partial charge in [-0.1, -0.05) is 18.2 Å². The molecule has 0 unspecified atom stereocenters. The standard InChI is InChI=1S/C20H30N4O4/c1-21(18-15-19(27)23(3)20(28)22(18)2)11-12-24(13-14-25)10-6-8-16-7-4-5-9-17(16)26/h4-5,7,9,15,25-26H,6,8,10-14H2,1-3H3. The average Bonchev–Trinajstić information content (AvgIpc) is 2.68. The maximum atomic E-state index is 12.1. The van der Waals surface area contributed by atoms with E-state index in [0.29, 0.717) is 31.2 Å². The number of hydrogen-bond donors (Lipinski definition) is 2. The van der Waals surface area contributed by atoms with Crippen molar-refractivity contribution in [2.45, 2.75) is 12.8 Å². The molecule has 1 aromatic carbocycles. The molecule has 154 valence electrons. The normalized spacial score (nSPS) is 11.2. The fraction of sp³-hybridized carbons (Fsp3) is 0.500. The van der Waals surface area contributed by atoms with Crippen molar-refractivity contribution in [3.05, 3.63) is 56.7 Å². The molecule has 8 nitrogen and oxygen atoms in total. The number of benzene rings is 1. The maximum absolute atomic E-state index is 12.1.